The van der Waals surface area contributed by atoms with Gasteiger partial charge in [0.25, 0.3) is 0 Å². The van der Waals surface area contributed by atoms with Crippen molar-refractivity contribution in [3.05, 3.63) is 71.2 Å². The molecule has 1 aromatic carbocycles. The van der Waals surface area contributed by atoms with Gasteiger partial charge in [0.05, 0.1) is 46.5 Å². The first-order valence-electron chi connectivity index (χ1n) is 12.4. The molecule has 1 atom stereocenters. The van der Waals surface area contributed by atoms with Crippen LogP contribution in [0.2, 0.25) is 0 Å². The fourth-order valence-corrected chi connectivity index (χ4v) is 5.44. The van der Waals surface area contributed by atoms with Crippen LogP contribution in [0, 0.1) is 6.92 Å². The molecule has 0 spiro atoms. The zero-order valence-corrected chi connectivity index (χ0v) is 21.2. The topological polar surface area (TPSA) is 90.8 Å². The predicted octanol–water partition coefficient (Wildman–Crippen LogP) is 4.00. The van der Waals surface area contributed by atoms with Crippen molar-refractivity contribution in [3.8, 4) is 16.9 Å². The van der Waals surface area contributed by atoms with Gasteiger partial charge in [-0.2, -0.15) is 18.3 Å². The van der Waals surface area contributed by atoms with Gasteiger partial charge >= 0.3 is 11.9 Å². The number of aromatic nitrogens is 6. The molecule has 1 unspecified atom stereocenters. The first-order valence-corrected chi connectivity index (χ1v) is 12.4. The van der Waals surface area contributed by atoms with Crippen LogP contribution < -0.4 is 5.69 Å². The number of amides is 1. The molecule has 1 aliphatic rings. The number of likely N-dealkylation sites (tertiary alicyclic amines) is 1. The van der Waals surface area contributed by atoms with E-state index in [2.05, 4.69) is 15.1 Å². The number of carbonyl (C=O) groups is 1. The number of para-hydroxylation sites is 1. The molecule has 6 rings (SSSR count). The van der Waals surface area contributed by atoms with E-state index in [0.29, 0.717) is 22.4 Å². The molecule has 5 heterocycles. The van der Waals surface area contributed by atoms with Crippen LogP contribution in [0.1, 0.15) is 18.4 Å². The summed E-state index contributed by atoms with van der Waals surface area (Å²) in [4.78, 5) is 36.4. The Morgan fingerprint density at radius 1 is 1.08 bits per heavy atom. The van der Waals surface area contributed by atoms with Crippen molar-refractivity contribution in [2.45, 2.75) is 38.5 Å². The summed E-state index contributed by atoms with van der Waals surface area (Å²) in [5, 5.41) is 5.17. The summed E-state index contributed by atoms with van der Waals surface area (Å²) >= 11 is 0. The number of carbonyl (C=O) groups excluding carboxylic acids is 1. The van der Waals surface area contributed by atoms with Gasteiger partial charge < -0.3 is 4.90 Å². The summed E-state index contributed by atoms with van der Waals surface area (Å²) in [6.07, 6.45) is 2.35. The van der Waals surface area contributed by atoms with Crippen LogP contribution in [0.4, 0.5) is 13.2 Å². The molecule has 200 valence electrons. The van der Waals surface area contributed by atoms with Gasteiger partial charge in [-0.05, 0) is 43.5 Å². The van der Waals surface area contributed by atoms with E-state index in [9.17, 15) is 22.8 Å². The monoisotopic (exact) mass is 535 g/mol. The highest BCUT2D eigenvalue weighted by Gasteiger charge is 2.47. The van der Waals surface area contributed by atoms with Crippen LogP contribution in [0.5, 0.6) is 0 Å². The average Bonchev–Trinajstić information content (AvgIpc) is 3.62. The molecule has 39 heavy (non-hydrogen) atoms. The van der Waals surface area contributed by atoms with E-state index in [-0.39, 0.29) is 19.4 Å². The van der Waals surface area contributed by atoms with Crippen LogP contribution in [0.15, 0.2) is 59.9 Å². The SMILES string of the molecule is Cc1cccc2c1n(-c1ccc(-c3cncc4c3cnn4C)nc1)c(=O)n2CC(=O)N1CCCC1C(F)(F)F. The summed E-state index contributed by atoms with van der Waals surface area (Å²) < 4.78 is 44.9. The Balaban J connectivity index is 1.41. The Morgan fingerprint density at radius 3 is 2.64 bits per heavy atom. The minimum absolute atomic E-state index is 0.0133. The van der Waals surface area contributed by atoms with Crippen molar-refractivity contribution in [3.63, 3.8) is 0 Å². The first-order chi connectivity index (χ1) is 18.6. The van der Waals surface area contributed by atoms with Gasteiger partial charge in [-0.1, -0.05) is 12.1 Å². The van der Waals surface area contributed by atoms with E-state index in [1.54, 1.807) is 53.7 Å². The van der Waals surface area contributed by atoms with E-state index in [1.807, 2.05) is 20.0 Å². The van der Waals surface area contributed by atoms with E-state index >= 15 is 0 Å². The molecule has 0 N–H and O–H groups in total. The number of fused-ring (bicyclic) bond motifs is 2. The minimum Gasteiger partial charge on any atom is -0.329 e. The maximum Gasteiger partial charge on any atom is 0.408 e. The standard InChI is InChI=1S/C27H24F3N7O2/c1-16-5-3-6-21-25(16)37(26(39)36(21)15-24(38)35-10-4-7-23(35)27(28,29)30)17-8-9-20(32-11-17)18-12-31-14-22-19(18)13-33-34(22)2/h3,5-6,8-9,11-14,23H,4,7,10,15H2,1-2H3. The normalized spacial score (nSPS) is 16.0. The molecule has 1 aliphatic heterocycles. The van der Waals surface area contributed by atoms with Crippen molar-refractivity contribution in [1.29, 1.82) is 0 Å². The summed E-state index contributed by atoms with van der Waals surface area (Å²) in [5.41, 5.74) is 4.02. The third kappa shape index (κ3) is 4.06. The molecular formula is C27H24F3N7O2. The number of halogens is 3. The number of aryl methyl sites for hydroxylation is 2. The molecule has 0 radical (unpaired) electrons. The number of imidazole rings is 1. The molecule has 12 heteroatoms. The lowest BCUT2D eigenvalue weighted by atomic mass is 10.1. The lowest BCUT2D eigenvalue weighted by molar-refractivity contribution is -0.182. The predicted molar refractivity (Wildman–Crippen MR) is 138 cm³/mol. The molecule has 4 aromatic heterocycles. The van der Waals surface area contributed by atoms with Gasteiger partial charge in [-0.3, -0.25) is 28.6 Å². The highest BCUT2D eigenvalue weighted by atomic mass is 19.4. The van der Waals surface area contributed by atoms with E-state index < -0.39 is 30.4 Å². The number of alkyl halides is 3. The van der Waals surface area contributed by atoms with Crippen LogP contribution in [0.25, 0.3) is 38.9 Å². The molecule has 0 saturated carbocycles. The third-order valence-electron chi connectivity index (χ3n) is 7.35. The summed E-state index contributed by atoms with van der Waals surface area (Å²) in [7, 11) is 1.83. The van der Waals surface area contributed by atoms with Crippen molar-refractivity contribution in [2.24, 2.45) is 7.05 Å². The lowest BCUT2D eigenvalue weighted by Gasteiger charge is -2.26. The number of hydrogen-bond donors (Lipinski definition) is 0. The second-order valence-electron chi connectivity index (χ2n) is 9.72. The summed E-state index contributed by atoms with van der Waals surface area (Å²) in [5.74, 6) is -0.733. The molecule has 9 nitrogen and oxygen atoms in total. The molecule has 1 amide bonds. The van der Waals surface area contributed by atoms with Gasteiger partial charge in [-0.25, -0.2) is 4.79 Å². The Bertz CT molecular complexity index is 1780. The van der Waals surface area contributed by atoms with Gasteiger partial charge in [-0.15, -0.1) is 0 Å². The molecule has 1 saturated heterocycles. The third-order valence-corrected chi connectivity index (χ3v) is 7.35. The Labute approximate surface area is 220 Å². The zero-order chi connectivity index (χ0) is 27.5. The molecule has 0 bridgehead atoms. The van der Waals surface area contributed by atoms with Crippen LogP contribution >= 0.6 is 0 Å². The fraction of sp³-hybridized carbons (Fsp3) is 0.296. The van der Waals surface area contributed by atoms with Crippen molar-refractivity contribution in [2.75, 3.05) is 6.54 Å². The number of nitrogens with zero attached hydrogens (tertiary/aromatic N) is 7. The van der Waals surface area contributed by atoms with E-state index in [4.69, 9.17) is 0 Å². The van der Waals surface area contributed by atoms with Gasteiger partial charge in [0.15, 0.2) is 0 Å². The maximum atomic E-state index is 13.7. The molecule has 1 fully saturated rings. The van der Waals surface area contributed by atoms with Crippen LogP contribution in [0.3, 0.4) is 0 Å². The quantitative estimate of drug-likeness (QED) is 0.347. The highest BCUT2D eigenvalue weighted by molar-refractivity contribution is 5.92. The van der Waals surface area contributed by atoms with Crippen LogP contribution in [-0.2, 0) is 18.4 Å². The fourth-order valence-electron chi connectivity index (χ4n) is 5.44. The van der Waals surface area contributed by atoms with E-state index in [1.165, 1.54) is 9.13 Å². The van der Waals surface area contributed by atoms with Crippen molar-refractivity contribution < 1.29 is 18.0 Å². The zero-order valence-electron chi connectivity index (χ0n) is 21.2. The number of benzene rings is 1. The molecular weight excluding hydrogens is 511 g/mol. The van der Waals surface area contributed by atoms with Crippen LogP contribution in [-0.4, -0.2) is 58.5 Å². The second kappa shape index (κ2) is 9.07. The van der Waals surface area contributed by atoms with Crippen molar-refractivity contribution >= 4 is 27.8 Å². The van der Waals surface area contributed by atoms with Gasteiger partial charge in [0.1, 0.15) is 12.6 Å². The Hall–Kier alpha value is -4.48. The Morgan fingerprint density at radius 2 is 1.90 bits per heavy atom. The Kier molecular flexibility index (Phi) is 5.77. The number of hydrogen-bond acceptors (Lipinski definition) is 5. The smallest absolute Gasteiger partial charge is 0.329 e. The first kappa shape index (κ1) is 24.8. The lowest BCUT2D eigenvalue weighted by Crippen LogP contribution is -2.46. The minimum atomic E-state index is -4.51. The van der Waals surface area contributed by atoms with E-state index in [0.717, 1.165) is 26.9 Å². The van der Waals surface area contributed by atoms with Gasteiger partial charge in [0, 0.05) is 30.7 Å². The largest absolute Gasteiger partial charge is 0.408 e. The summed E-state index contributed by atoms with van der Waals surface area (Å²) in [6.45, 7) is 1.36. The molecule has 5 aromatic rings. The number of rotatable bonds is 4. The second-order valence-corrected chi connectivity index (χ2v) is 9.72. The number of pyridine rings is 2. The van der Waals surface area contributed by atoms with Gasteiger partial charge in [0.2, 0.25) is 5.91 Å². The highest BCUT2D eigenvalue weighted by Crippen LogP contribution is 2.33. The molecule has 0 aliphatic carbocycles. The summed E-state index contributed by atoms with van der Waals surface area (Å²) in [6, 6.07) is 6.97. The van der Waals surface area contributed by atoms with Crippen molar-refractivity contribution in [1.82, 2.24) is 33.8 Å². The average molecular weight is 536 g/mol. The maximum absolute atomic E-state index is 13.7.